The van der Waals surface area contributed by atoms with Crippen LogP contribution in [-0.4, -0.2) is 43.7 Å². The topological polar surface area (TPSA) is 78.5 Å². The second-order valence-corrected chi connectivity index (χ2v) is 6.68. The molecule has 8 heteroatoms. The molecule has 0 fully saturated rings. The molecule has 0 saturated carbocycles. The molecule has 1 heterocycles. The van der Waals surface area contributed by atoms with E-state index in [0.717, 1.165) is 74.2 Å². The number of guanidine groups is 1. The standard InChI is InChI=1S/C21H31FN4O2.HI/c1-3-23-21(24-12-7-5-4-6-8-20(27)28-2)25-13-11-16-15-26-19-14-17(22)9-10-18(16)19;/h9-10,14-15,26H,3-8,11-13H2,1-2H3,(H2,23,24,25);1H. The first-order valence-corrected chi connectivity index (χ1v) is 9.98. The largest absolute Gasteiger partial charge is 0.469 e. The summed E-state index contributed by atoms with van der Waals surface area (Å²) in [5.74, 6) is 0.436. The number of aromatic nitrogens is 1. The highest BCUT2D eigenvalue weighted by atomic mass is 127. The van der Waals surface area contributed by atoms with Gasteiger partial charge in [0, 0.05) is 43.2 Å². The summed E-state index contributed by atoms with van der Waals surface area (Å²) < 4.78 is 17.9. The van der Waals surface area contributed by atoms with E-state index in [4.69, 9.17) is 0 Å². The predicted octanol–water partition coefficient (Wildman–Crippen LogP) is 4.15. The van der Waals surface area contributed by atoms with E-state index in [9.17, 15) is 9.18 Å². The lowest BCUT2D eigenvalue weighted by Crippen LogP contribution is -2.38. The number of esters is 1. The summed E-state index contributed by atoms with van der Waals surface area (Å²) in [6.45, 7) is 4.34. The molecule has 3 N–H and O–H groups in total. The van der Waals surface area contributed by atoms with Crippen LogP contribution in [0.1, 0.15) is 44.6 Å². The molecule has 1 aromatic carbocycles. The van der Waals surface area contributed by atoms with Crippen molar-refractivity contribution in [3.8, 4) is 0 Å². The van der Waals surface area contributed by atoms with Crippen LogP contribution < -0.4 is 10.6 Å². The number of unbranched alkanes of at least 4 members (excludes halogenated alkanes) is 3. The van der Waals surface area contributed by atoms with Gasteiger partial charge in [0.15, 0.2) is 5.96 Å². The second kappa shape index (κ2) is 14.2. The summed E-state index contributed by atoms with van der Waals surface area (Å²) in [5.41, 5.74) is 1.98. The Kier molecular flexibility index (Phi) is 12.3. The molecule has 0 bridgehead atoms. The van der Waals surface area contributed by atoms with Gasteiger partial charge >= 0.3 is 5.97 Å². The van der Waals surface area contributed by atoms with E-state index in [0.29, 0.717) is 6.42 Å². The number of ether oxygens (including phenoxy) is 1. The number of benzene rings is 1. The van der Waals surface area contributed by atoms with E-state index < -0.39 is 0 Å². The summed E-state index contributed by atoms with van der Waals surface area (Å²) in [5, 5.41) is 7.65. The fraction of sp³-hybridized carbons (Fsp3) is 0.524. The Morgan fingerprint density at radius 2 is 2.00 bits per heavy atom. The minimum absolute atomic E-state index is 0. The van der Waals surface area contributed by atoms with Crippen LogP contribution in [0.4, 0.5) is 4.39 Å². The van der Waals surface area contributed by atoms with Crippen molar-refractivity contribution in [1.82, 2.24) is 15.6 Å². The van der Waals surface area contributed by atoms with Crippen LogP contribution in [0.25, 0.3) is 10.9 Å². The number of hydrogen-bond acceptors (Lipinski definition) is 3. The van der Waals surface area contributed by atoms with E-state index in [1.807, 2.05) is 19.2 Å². The van der Waals surface area contributed by atoms with E-state index >= 15 is 0 Å². The Morgan fingerprint density at radius 3 is 2.76 bits per heavy atom. The van der Waals surface area contributed by atoms with E-state index in [1.165, 1.54) is 19.2 Å². The van der Waals surface area contributed by atoms with Gasteiger partial charge in [-0.05, 0) is 49.9 Å². The van der Waals surface area contributed by atoms with Crippen molar-refractivity contribution < 1.29 is 13.9 Å². The van der Waals surface area contributed by atoms with Crippen LogP contribution in [0.5, 0.6) is 0 Å². The fourth-order valence-electron chi connectivity index (χ4n) is 3.05. The van der Waals surface area contributed by atoms with Gasteiger partial charge in [0.2, 0.25) is 0 Å². The molecule has 0 aliphatic rings. The van der Waals surface area contributed by atoms with Gasteiger partial charge in [0.25, 0.3) is 0 Å². The van der Waals surface area contributed by atoms with Gasteiger partial charge in [-0.2, -0.15) is 0 Å². The quantitative estimate of drug-likeness (QED) is 0.137. The lowest BCUT2D eigenvalue weighted by atomic mass is 10.1. The molecule has 2 rings (SSSR count). The number of aliphatic imine (C=N–C) groups is 1. The molecule has 0 radical (unpaired) electrons. The van der Waals surface area contributed by atoms with Crippen LogP contribution >= 0.6 is 24.0 Å². The molecule has 162 valence electrons. The molecule has 2 aromatic rings. The van der Waals surface area contributed by atoms with E-state index in [1.54, 1.807) is 0 Å². The molecule has 0 unspecified atom stereocenters. The lowest BCUT2D eigenvalue weighted by molar-refractivity contribution is -0.140. The lowest BCUT2D eigenvalue weighted by Gasteiger charge is -2.11. The van der Waals surface area contributed by atoms with Crippen LogP contribution in [0.3, 0.4) is 0 Å². The smallest absolute Gasteiger partial charge is 0.305 e. The highest BCUT2D eigenvalue weighted by molar-refractivity contribution is 14.0. The minimum Gasteiger partial charge on any atom is -0.469 e. The van der Waals surface area contributed by atoms with E-state index in [-0.39, 0.29) is 35.8 Å². The summed E-state index contributed by atoms with van der Waals surface area (Å²) in [6, 6.07) is 4.82. The number of fused-ring (bicyclic) bond motifs is 1. The summed E-state index contributed by atoms with van der Waals surface area (Å²) >= 11 is 0. The molecule has 0 aliphatic carbocycles. The number of carbonyl (C=O) groups excluding carboxylic acids is 1. The monoisotopic (exact) mass is 518 g/mol. The van der Waals surface area contributed by atoms with Gasteiger partial charge in [-0.1, -0.05) is 12.8 Å². The number of halogens is 2. The number of nitrogens with zero attached hydrogens (tertiary/aromatic N) is 1. The normalized spacial score (nSPS) is 11.2. The average Bonchev–Trinajstić information content (AvgIpc) is 3.08. The van der Waals surface area contributed by atoms with Crippen LogP contribution in [-0.2, 0) is 16.0 Å². The summed E-state index contributed by atoms with van der Waals surface area (Å²) in [6.07, 6.45) is 7.16. The van der Waals surface area contributed by atoms with Gasteiger partial charge in [-0.25, -0.2) is 4.39 Å². The number of nitrogens with one attached hydrogen (secondary N) is 3. The van der Waals surface area contributed by atoms with Crippen LogP contribution in [0, 0.1) is 5.82 Å². The Hall–Kier alpha value is -1.84. The zero-order chi connectivity index (χ0) is 20.2. The average molecular weight is 518 g/mol. The number of aromatic amines is 1. The summed E-state index contributed by atoms with van der Waals surface area (Å²) in [4.78, 5) is 18.8. The van der Waals surface area contributed by atoms with Crippen molar-refractivity contribution >= 4 is 46.8 Å². The van der Waals surface area contributed by atoms with Gasteiger partial charge in [0.1, 0.15) is 5.82 Å². The zero-order valence-electron chi connectivity index (χ0n) is 17.2. The zero-order valence-corrected chi connectivity index (χ0v) is 19.6. The van der Waals surface area contributed by atoms with Gasteiger partial charge in [0.05, 0.1) is 7.11 Å². The van der Waals surface area contributed by atoms with E-state index in [2.05, 4.69) is 25.3 Å². The Labute approximate surface area is 189 Å². The van der Waals surface area contributed by atoms with Crippen molar-refractivity contribution in [3.63, 3.8) is 0 Å². The molecule has 6 nitrogen and oxygen atoms in total. The number of hydrogen-bond donors (Lipinski definition) is 3. The van der Waals surface area contributed by atoms with Gasteiger partial charge in [-0.15, -0.1) is 24.0 Å². The number of H-pyrrole nitrogens is 1. The maximum absolute atomic E-state index is 13.3. The molecule has 1 aromatic heterocycles. The SMILES string of the molecule is CCNC(=NCCCCCCC(=O)OC)NCCc1c[nH]c2cc(F)ccc12.I. The number of methoxy groups -OCH3 is 1. The first kappa shape index (κ1) is 25.2. The van der Waals surface area contributed by atoms with Crippen LogP contribution in [0.15, 0.2) is 29.4 Å². The third-order valence-corrected chi connectivity index (χ3v) is 4.55. The Morgan fingerprint density at radius 1 is 1.21 bits per heavy atom. The molecular weight excluding hydrogens is 486 g/mol. The third kappa shape index (κ3) is 9.01. The third-order valence-electron chi connectivity index (χ3n) is 4.55. The van der Waals surface area contributed by atoms with Crippen molar-refractivity contribution in [1.29, 1.82) is 0 Å². The molecule has 0 spiro atoms. The minimum atomic E-state index is -0.231. The molecule has 0 saturated heterocycles. The fourth-order valence-corrected chi connectivity index (χ4v) is 3.05. The van der Waals surface area contributed by atoms with Gasteiger partial charge in [-0.3, -0.25) is 9.79 Å². The maximum atomic E-state index is 13.3. The Balaban J connectivity index is 0.00000420. The van der Waals surface area contributed by atoms with Crippen LogP contribution in [0.2, 0.25) is 0 Å². The first-order valence-electron chi connectivity index (χ1n) is 9.98. The number of carbonyl (C=O) groups is 1. The maximum Gasteiger partial charge on any atom is 0.305 e. The van der Waals surface area contributed by atoms with Gasteiger partial charge < -0.3 is 20.4 Å². The molecule has 0 amide bonds. The molecule has 0 aliphatic heterocycles. The van der Waals surface area contributed by atoms with Crippen molar-refractivity contribution in [2.75, 3.05) is 26.7 Å². The number of rotatable bonds is 11. The predicted molar refractivity (Wildman–Crippen MR) is 126 cm³/mol. The Bertz CT molecular complexity index is 779. The second-order valence-electron chi connectivity index (χ2n) is 6.68. The molecule has 0 atom stereocenters. The van der Waals surface area contributed by atoms with Crippen molar-refractivity contribution in [2.24, 2.45) is 4.99 Å². The highest BCUT2D eigenvalue weighted by Crippen LogP contribution is 2.19. The molecular formula is C21H32FIN4O2. The first-order chi connectivity index (χ1) is 13.6. The van der Waals surface area contributed by atoms with Crippen molar-refractivity contribution in [2.45, 2.75) is 45.4 Å². The van der Waals surface area contributed by atoms with Crippen molar-refractivity contribution in [3.05, 3.63) is 35.8 Å². The summed E-state index contributed by atoms with van der Waals surface area (Å²) in [7, 11) is 1.42. The molecule has 29 heavy (non-hydrogen) atoms. The highest BCUT2D eigenvalue weighted by Gasteiger charge is 2.05.